The number of nitrogens with zero attached hydrogens (tertiary/aromatic N) is 3. The summed E-state index contributed by atoms with van der Waals surface area (Å²) in [5.41, 5.74) is 0.257. The van der Waals surface area contributed by atoms with Crippen molar-refractivity contribution in [3.63, 3.8) is 0 Å². The van der Waals surface area contributed by atoms with Gasteiger partial charge in [-0.15, -0.1) is 0 Å². The first-order valence-electron chi connectivity index (χ1n) is 12.4. The molecule has 1 aromatic heterocycles. The minimum Gasteiger partial charge on any atom is -0.482 e. The van der Waals surface area contributed by atoms with Crippen LogP contribution in [0.15, 0.2) is 48.6 Å². The maximum absolute atomic E-state index is 14.8. The molecule has 218 valence electrons. The number of likely N-dealkylation sites (tertiary alicyclic amines) is 1. The Balaban J connectivity index is 1.38. The largest absolute Gasteiger partial charge is 0.482 e. The molecule has 2 aromatic carbocycles. The summed E-state index contributed by atoms with van der Waals surface area (Å²) >= 11 is 5.84. The van der Waals surface area contributed by atoms with Gasteiger partial charge in [-0.25, -0.2) is 18.7 Å². The van der Waals surface area contributed by atoms with Gasteiger partial charge in [0.15, 0.2) is 12.4 Å². The molecule has 2 atom stereocenters. The lowest BCUT2D eigenvalue weighted by molar-refractivity contribution is -0.153. The molecule has 2 aliphatic rings. The smallest absolute Gasteiger partial charge is 0.422 e. The summed E-state index contributed by atoms with van der Waals surface area (Å²) in [6, 6.07) is 6.25. The Morgan fingerprint density at radius 2 is 1.88 bits per heavy atom. The van der Waals surface area contributed by atoms with Crippen LogP contribution in [0.25, 0.3) is 10.9 Å². The number of hydrogen-bond acceptors (Lipinski definition) is 8. The van der Waals surface area contributed by atoms with Gasteiger partial charge in [0.25, 0.3) is 5.91 Å². The summed E-state index contributed by atoms with van der Waals surface area (Å²) in [5.74, 6) is -3.20. The van der Waals surface area contributed by atoms with Crippen LogP contribution in [0.4, 0.5) is 39.1 Å². The SMILES string of the molecule is O=C(Nc1cc2c(Nc3ccc(F)c(Cl)c3)ncnc2cc1OCC(F)(F)F)/C(F)=C/CN1C[C@@H]2OCCO[C@@H]2C1. The molecule has 9 nitrogen and oxygen atoms in total. The molecule has 41 heavy (non-hydrogen) atoms. The summed E-state index contributed by atoms with van der Waals surface area (Å²) in [7, 11) is 0. The Kier molecular flexibility index (Phi) is 8.54. The Bertz CT molecular complexity index is 1460. The Morgan fingerprint density at radius 1 is 1.15 bits per heavy atom. The second-order valence-corrected chi connectivity index (χ2v) is 9.70. The third-order valence-electron chi connectivity index (χ3n) is 6.34. The maximum Gasteiger partial charge on any atom is 0.422 e. The van der Waals surface area contributed by atoms with Gasteiger partial charge in [-0.05, 0) is 30.3 Å². The van der Waals surface area contributed by atoms with Crippen LogP contribution in [0.1, 0.15) is 0 Å². The minimum absolute atomic E-state index is 0.0935. The highest BCUT2D eigenvalue weighted by Gasteiger charge is 2.36. The van der Waals surface area contributed by atoms with E-state index in [1.165, 1.54) is 18.2 Å². The van der Waals surface area contributed by atoms with Gasteiger partial charge < -0.3 is 24.8 Å². The molecule has 3 heterocycles. The number of fused-ring (bicyclic) bond motifs is 2. The highest BCUT2D eigenvalue weighted by molar-refractivity contribution is 6.31. The van der Waals surface area contributed by atoms with E-state index in [0.29, 0.717) is 32.0 Å². The lowest BCUT2D eigenvalue weighted by Crippen LogP contribution is -2.36. The fraction of sp³-hybridized carbons (Fsp3) is 0.346. The van der Waals surface area contributed by atoms with E-state index in [0.717, 1.165) is 24.5 Å². The second-order valence-electron chi connectivity index (χ2n) is 9.29. The van der Waals surface area contributed by atoms with Gasteiger partial charge in [-0.3, -0.25) is 9.69 Å². The van der Waals surface area contributed by atoms with Crippen molar-refractivity contribution in [3.05, 3.63) is 59.4 Å². The fourth-order valence-corrected chi connectivity index (χ4v) is 4.62. The van der Waals surface area contributed by atoms with Crippen molar-refractivity contribution in [1.29, 1.82) is 0 Å². The van der Waals surface area contributed by atoms with E-state index in [1.54, 1.807) is 0 Å². The van der Waals surface area contributed by atoms with E-state index in [9.17, 15) is 26.7 Å². The van der Waals surface area contributed by atoms with Crippen molar-refractivity contribution in [1.82, 2.24) is 14.9 Å². The molecule has 5 rings (SSSR count). The lowest BCUT2D eigenvalue weighted by Gasteiger charge is -2.24. The number of carbonyl (C=O) groups is 1. The number of carbonyl (C=O) groups excluding carboxylic acids is 1. The summed E-state index contributed by atoms with van der Waals surface area (Å²) in [5, 5.41) is 5.28. The van der Waals surface area contributed by atoms with Crippen LogP contribution in [0, 0.1) is 5.82 Å². The van der Waals surface area contributed by atoms with Crippen molar-refractivity contribution < 1.29 is 41.0 Å². The number of hydrogen-bond donors (Lipinski definition) is 2. The molecule has 0 saturated carbocycles. The van der Waals surface area contributed by atoms with Crippen LogP contribution in [0.5, 0.6) is 5.75 Å². The monoisotopic (exact) mass is 599 g/mol. The average molecular weight is 600 g/mol. The zero-order valence-corrected chi connectivity index (χ0v) is 21.9. The Hall–Kier alpha value is -3.59. The van der Waals surface area contributed by atoms with Gasteiger partial charge in [0, 0.05) is 36.8 Å². The first-order valence-corrected chi connectivity index (χ1v) is 12.8. The summed E-state index contributed by atoms with van der Waals surface area (Å²) < 4.78 is 83.3. The number of halogens is 6. The third-order valence-corrected chi connectivity index (χ3v) is 6.63. The number of alkyl halides is 3. The predicted octanol–water partition coefficient (Wildman–Crippen LogP) is 5.00. The molecule has 1 amide bonds. The molecule has 0 aliphatic carbocycles. The number of ether oxygens (including phenoxy) is 3. The van der Waals surface area contributed by atoms with E-state index in [4.69, 9.17) is 25.8 Å². The quantitative estimate of drug-likeness (QED) is 0.276. The normalized spacial score (nSPS) is 19.7. The van der Waals surface area contributed by atoms with E-state index < -0.39 is 30.3 Å². The molecule has 2 aliphatic heterocycles. The predicted molar refractivity (Wildman–Crippen MR) is 140 cm³/mol. The van der Waals surface area contributed by atoms with Crippen LogP contribution in [0.2, 0.25) is 5.02 Å². The molecular weight excluding hydrogens is 577 g/mol. The number of aromatic nitrogens is 2. The van der Waals surface area contributed by atoms with Crippen molar-refractivity contribution >= 4 is 45.6 Å². The molecule has 2 saturated heterocycles. The molecule has 2 N–H and O–H groups in total. The second kappa shape index (κ2) is 12.1. The van der Waals surface area contributed by atoms with Crippen molar-refractivity contribution in [3.8, 4) is 5.75 Å². The van der Waals surface area contributed by atoms with Gasteiger partial charge in [0.2, 0.25) is 0 Å². The van der Waals surface area contributed by atoms with Crippen LogP contribution in [-0.2, 0) is 14.3 Å². The van der Waals surface area contributed by atoms with Gasteiger partial charge in [0.1, 0.15) is 23.7 Å². The molecule has 2 fully saturated rings. The van der Waals surface area contributed by atoms with Crippen LogP contribution in [0.3, 0.4) is 0 Å². The average Bonchev–Trinajstić information content (AvgIpc) is 3.35. The van der Waals surface area contributed by atoms with Crippen LogP contribution >= 0.6 is 11.6 Å². The summed E-state index contributed by atoms with van der Waals surface area (Å²) in [4.78, 5) is 22.7. The lowest BCUT2D eigenvalue weighted by atomic mass is 10.1. The topological polar surface area (TPSA) is 97.8 Å². The standard InChI is InChI=1S/C26H23ClF5N5O4/c27-16-7-14(1-2-17(16)28)35-24-15-8-20(21(41-12-26(30,31)32)9-19(15)33-13-34-24)36-25(38)18(29)3-4-37-10-22-23(11-37)40-6-5-39-22/h1-3,7-9,13,22-23H,4-6,10-12H2,(H,36,38)(H,33,34,35)/b18-3-/t22-,23+. The van der Waals surface area contributed by atoms with Crippen molar-refractivity contribution in [2.45, 2.75) is 18.4 Å². The third kappa shape index (κ3) is 7.19. The number of benzene rings is 2. The molecule has 0 unspecified atom stereocenters. The van der Waals surface area contributed by atoms with E-state index in [2.05, 4.69) is 20.6 Å². The zero-order valence-electron chi connectivity index (χ0n) is 21.2. The van der Waals surface area contributed by atoms with E-state index in [1.807, 2.05) is 4.90 Å². The molecule has 0 spiro atoms. The molecular formula is C26H23ClF5N5O4. The highest BCUT2D eigenvalue weighted by Crippen LogP contribution is 2.35. The fourth-order valence-electron chi connectivity index (χ4n) is 4.44. The van der Waals surface area contributed by atoms with Gasteiger partial charge in [-0.2, -0.15) is 13.2 Å². The first kappa shape index (κ1) is 28.9. The number of rotatable bonds is 8. The molecule has 0 radical (unpaired) electrons. The molecule has 15 heteroatoms. The van der Waals surface area contributed by atoms with Crippen molar-refractivity contribution in [2.24, 2.45) is 0 Å². The molecule has 0 bridgehead atoms. The molecule has 3 aromatic rings. The van der Waals surface area contributed by atoms with E-state index in [-0.39, 0.29) is 51.9 Å². The zero-order chi connectivity index (χ0) is 29.1. The first-order chi connectivity index (χ1) is 19.6. The van der Waals surface area contributed by atoms with Crippen LogP contribution < -0.4 is 15.4 Å². The number of anilines is 3. The summed E-state index contributed by atoms with van der Waals surface area (Å²) in [6.45, 7) is 0.399. The van der Waals surface area contributed by atoms with Gasteiger partial charge >= 0.3 is 6.18 Å². The van der Waals surface area contributed by atoms with Crippen molar-refractivity contribution in [2.75, 3.05) is 50.1 Å². The number of amides is 1. The number of nitrogens with one attached hydrogen (secondary N) is 2. The van der Waals surface area contributed by atoms with E-state index >= 15 is 0 Å². The summed E-state index contributed by atoms with van der Waals surface area (Å²) in [6.07, 6.45) is -2.72. The van der Waals surface area contributed by atoms with Gasteiger partial charge in [0.05, 0.1) is 41.6 Å². The Morgan fingerprint density at radius 3 is 2.56 bits per heavy atom. The minimum atomic E-state index is -4.68. The van der Waals surface area contributed by atoms with Crippen LogP contribution in [-0.4, -0.2) is 78.6 Å². The highest BCUT2D eigenvalue weighted by atomic mass is 35.5. The Labute approximate surface area is 235 Å². The maximum atomic E-state index is 14.8. The van der Waals surface area contributed by atoms with Gasteiger partial charge in [-0.1, -0.05) is 11.6 Å².